The topological polar surface area (TPSA) is 0 Å². The summed E-state index contributed by atoms with van der Waals surface area (Å²) in [7, 11) is 0. The van der Waals surface area contributed by atoms with Crippen molar-refractivity contribution < 1.29 is 0 Å². The van der Waals surface area contributed by atoms with Crippen molar-refractivity contribution >= 4 is 11.1 Å². The molecule has 0 heterocycles. The van der Waals surface area contributed by atoms with E-state index in [0.717, 1.165) is 6.42 Å². The Labute approximate surface area is 150 Å². The Morgan fingerprint density at radius 3 is 1.48 bits per heavy atom. The van der Waals surface area contributed by atoms with Crippen molar-refractivity contribution in [3.8, 4) is 0 Å². The molecule has 0 bridgehead atoms. The molecule has 3 aromatic carbocycles. The second-order valence-electron chi connectivity index (χ2n) is 6.89. The molecule has 0 saturated heterocycles. The van der Waals surface area contributed by atoms with Crippen molar-refractivity contribution in [2.24, 2.45) is 0 Å². The van der Waals surface area contributed by atoms with E-state index in [0.29, 0.717) is 0 Å². The highest BCUT2D eigenvalue weighted by atomic mass is 14.6. The van der Waals surface area contributed by atoms with E-state index in [2.05, 4.69) is 104 Å². The fourth-order valence-corrected chi connectivity index (χ4v) is 4.05. The molecule has 4 rings (SSSR count). The maximum absolute atomic E-state index is 4.24. The average Bonchev–Trinajstić information content (AvgIpc) is 3.32. The number of hydrogen-bond acceptors (Lipinski definition) is 0. The standard InChI is InChI=1S/C25H22/c1-19(2)18-25(22-16-10-5-11-17-22)23(20-12-6-3-7-13-20)24(25)21-14-8-4-9-15-21/h3-17H,1,18H2,2H3. The van der Waals surface area contributed by atoms with Crippen LogP contribution in [0.3, 0.4) is 0 Å². The van der Waals surface area contributed by atoms with Crippen LogP contribution in [0.15, 0.2) is 103 Å². The van der Waals surface area contributed by atoms with Crippen molar-refractivity contribution in [3.05, 3.63) is 120 Å². The lowest BCUT2D eigenvalue weighted by molar-refractivity contribution is 0.770. The quantitative estimate of drug-likeness (QED) is 0.469. The van der Waals surface area contributed by atoms with Crippen LogP contribution >= 0.6 is 0 Å². The van der Waals surface area contributed by atoms with Crippen molar-refractivity contribution in [2.45, 2.75) is 18.8 Å². The van der Waals surface area contributed by atoms with Crippen molar-refractivity contribution in [2.75, 3.05) is 0 Å². The number of rotatable bonds is 5. The monoisotopic (exact) mass is 322 g/mol. The van der Waals surface area contributed by atoms with Crippen LogP contribution in [0.1, 0.15) is 30.0 Å². The summed E-state index contributed by atoms with van der Waals surface area (Å²) in [6.45, 7) is 6.37. The average molecular weight is 322 g/mol. The van der Waals surface area contributed by atoms with Gasteiger partial charge in [-0.15, -0.1) is 6.58 Å². The molecular formula is C25H22. The Morgan fingerprint density at radius 2 is 1.08 bits per heavy atom. The normalized spacial score (nSPS) is 15.1. The molecule has 25 heavy (non-hydrogen) atoms. The minimum Gasteiger partial charge on any atom is -0.100 e. The van der Waals surface area contributed by atoms with E-state index in [4.69, 9.17) is 0 Å². The first-order valence-electron chi connectivity index (χ1n) is 8.79. The molecule has 0 atom stereocenters. The molecule has 0 N–H and O–H groups in total. The van der Waals surface area contributed by atoms with E-state index in [1.165, 1.54) is 33.4 Å². The first-order chi connectivity index (χ1) is 12.2. The van der Waals surface area contributed by atoms with E-state index in [9.17, 15) is 0 Å². The van der Waals surface area contributed by atoms with Crippen LogP contribution in [0, 0.1) is 0 Å². The SMILES string of the molecule is C=C(C)CC1(c2ccccc2)C(c2ccccc2)=C1c1ccccc1. The molecule has 0 radical (unpaired) electrons. The van der Waals surface area contributed by atoms with Crippen LogP contribution < -0.4 is 0 Å². The Balaban J connectivity index is 1.93. The zero-order valence-electron chi connectivity index (χ0n) is 14.6. The lowest BCUT2D eigenvalue weighted by Crippen LogP contribution is -2.14. The Morgan fingerprint density at radius 1 is 0.680 bits per heavy atom. The fourth-order valence-electron chi connectivity index (χ4n) is 4.05. The molecule has 0 amide bonds. The van der Waals surface area contributed by atoms with Gasteiger partial charge >= 0.3 is 0 Å². The van der Waals surface area contributed by atoms with Crippen molar-refractivity contribution in [1.82, 2.24) is 0 Å². The van der Waals surface area contributed by atoms with Gasteiger partial charge in [0.05, 0.1) is 5.41 Å². The Kier molecular flexibility index (Phi) is 3.89. The van der Waals surface area contributed by atoms with Crippen LogP contribution in [-0.2, 0) is 5.41 Å². The smallest absolute Gasteiger partial charge is 0.0506 e. The Hall–Kier alpha value is -2.86. The predicted octanol–water partition coefficient (Wildman–Crippen LogP) is 6.52. The van der Waals surface area contributed by atoms with Crippen LogP contribution in [0.2, 0.25) is 0 Å². The highest BCUT2D eigenvalue weighted by Gasteiger charge is 2.54. The molecular weight excluding hydrogens is 300 g/mol. The summed E-state index contributed by atoms with van der Waals surface area (Å²) in [6, 6.07) is 32.4. The van der Waals surface area contributed by atoms with Crippen molar-refractivity contribution in [1.29, 1.82) is 0 Å². The third-order valence-electron chi connectivity index (χ3n) is 5.00. The maximum Gasteiger partial charge on any atom is 0.0506 e. The maximum atomic E-state index is 4.24. The minimum atomic E-state index is -0.0597. The summed E-state index contributed by atoms with van der Waals surface area (Å²) in [5.74, 6) is 0. The van der Waals surface area contributed by atoms with Gasteiger partial charge in [-0.05, 0) is 41.2 Å². The summed E-state index contributed by atoms with van der Waals surface area (Å²) in [5.41, 5.74) is 8.01. The molecule has 0 heteroatoms. The van der Waals surface area contributed by atoms with Gasteiger partial charge in [0.2, 0.25) is 0 Å². The van der Waals surface area contributed by atoms with Gasteiger partial charge in [0.15, 0.2) is 0 Å². The molecule has 0 nitrogen and oxygen atoms in total. The molecule has 1 aliphatic rings. The summed E-state index contributed by atoms with van der Waals surface area (Å²) >= 11 is 0. The van der Waals surface area contributed by atoms with Gasteiger partial charge in [0.1, 0.15) is 0 Å². The number of benzene rings is 3. The van der Waals surface area contributed by atoms with Gasteiger partial charge in [-0.25, -0.2) is 0 Å². The Bertz CT molecular complexity index is 866. The second kappa shape index (κ2) is 6.22. The van der Waals surface area contributed by atoms with Crippen LogP contribution in [0.5, 0.6) is 0 Å². The van der Waals surface area contributed by atoms with E-state index in [-0.39, 0.29) is 5.41 Å². The summed E-state index contributed by atoms with van der Waals surface area (Å²) in [6.07, 6.45) is 0.950. The van der Waals surface area contributed by atoms with Crippen LogP contribution in [0.4, 0.5) is 0 Å². The van der Waals surface area contributed by atoms with Gasteiger partial charge in [-0.1, -0.05) is 96.6 Å². The molecule has 0 saturated carbocycles. The lowest BCUT2D eigenvalue weighted by Gasteiger charge is -2.22. The number of allylic oxidation sites excluding steroid dienone is 3. The molecule has 3 aromatic rings. The van der Waals surface area contributed by atoms with Crippen molar-refractivity contribution in [3.63, 3.8) is 0 Å². The molecule has 122 valence electrons. The molecule has 1 aliphatic carbocycles. The molecule has 0 spiro atoms. The van der Waals surface area contributed by atoms with E-state index in [1.807, 2.05) is 0 Å². The molecule has 0 aliphatic heterocycles. The third-order valence-corrected chi connectivity index (χ3v) is 5.00. The first-order valence-corrected chi connectivity index (χ1v) is 8.79. The van der Waals surface area contributed by atoms with Crippen LogP contribution in [-0.4, -0.2) is 0 Å². The number of hydrogen-bond donors (Lipinski definition) is 0. The highest BCUT2D eigenvalue weighted by molar-refractivity contribution is 6.19. The van der Waals surface area contributed by atoms with Gasteiger partial charge in [-0.2, -0.15) is 0 Å². The highest BCUT2D eigenvalue weighted by Crippen LogP contribution is 2.67. The van der Waals surface area contributed by atoms with Gasteiger partial charge in [0, 0.05) is 0 Å². The molecule has 0 unspecified atom stereocenters. The molecule has 0 aromatic heterocycles. The summed E-state index contributed by atoms with van der Waals surface area (Å²) < 4.78 is 0. The predicted molar refractivity (Wildman–Crippen MR) is 107 cm³/mol. The van der Waals surface area contributed by atoms with E-state index >= 15 is 0 Å². The lowest BCUT2D eigenvalue weighted by atomic mass is 9.80. The van der Waals surface area contributed by atoms with Crippen LogP contribution in [0.25, 0.3) is 11.1 Å². The molecule has 0 fully saturated rings. The zero-order chi connectivity index (χ0) is 17.3. The fraction of sp³-hybridized carbons (Fsp3) is 0.120. The summed E-state index contributed by atoms with van der Waals surface area (Å²) in [4.78, 5) is 0. The van der Waals surface area contributed by atoms with Gasteiger partial charge < -0.3 is 0 Å². The summed E-state index contributed by atoms with van der Waals surface area (Å²) in [5, 5.41) is 0. The first kappa shape index (κ1) is 15.7. The van der Waals surface area contributed by atoms with E-state index < -0.39 is 0 Å². The second-order valence-corrected chi connectivity index (χ2v) is 6.89. The zero-order valence-corrected chi connectivity index (χ0v) is 14.6. The van der Waals surface area contributed by atoms with Gasteiger partial charge in [0.25, 0.3) is 0 Å². The third kappa shape index (κ3) is 2.64. The van der Waals surface area contributed by atoms with E-state index in [1.54, 1.807) is 0 Å². The largest absolute Gasteiger partial charge is 0.100 e. The van der Waals surface area contributed by atoms with Gasteiger partial charge in [-0.3, -0.25) is 0 Å². The minimum absolute atomic E-state index is 0.0597.